The second-order valence-corrected chi connectivity index (χ2v) is 3.78. The van der Waals surface area contributed by atoms with Gasteiger partial charge in [-0.3, -0.25) is 0 Å². The minimum absolute atomic E-state index is 0.0650. The lowest BCUT2D eigenvalue weighted by molar-refractivity contribution is 0.315. The Morgan fingerprint density at radius 3 is 2.71 bits per heavy atom. The number of rotatable bonds is 1. The predicted octanol–water partition coefficient (Wildman–Crippen LogP) is 2.38. The summed E-state index contributed by atoms with van der Waals surface area (Å²) >= 11 is 11.7. The van der Waals surface area contributed by atoms with E-state index < -0.39 is 0 Å². The first-order valence-corrected chi connectivity index (χ1v) is 4.83. The summed E-state index contributed by atoms with van der Waals surface area (Å²) in [6, 6.07) is 5.54. The number of amidine groups is 1. The Kier molecular flexibility index (Phi) is 2.52. The number of hydrogen-bond donors (Lipinski definition) is 1. The van der Waals surface area contributed by atoms with E-state index in [-0.39, 0.29) is 12.1 Å². The summed E-state index contributed by atoms with van der Waals surface area (Å²) in [6.45, 7) is 0.462. The largest absolute Gasteiger partial charge is 0.463 e. The third-order valence-electron chi connectivity index (χ3n) is 2.00. The van der Waals surface area contributed by atoms with Gasteiger partial charge in [0.25, 0.3) is 6.02 Å². The van der Waals surface area contributed by atoms with Crippen LogP contribution >= 0.6 is 23.2 Å². The molecule has 0 saturated carbocycles. The van der Waals surface area contributed by atoms with Crippen molar-refractivity contribution in [1.29, 1.82) is 0 Å². The number of halogens is 2. The van der Waals surface area contributed by atoms with Gasteiger partial charge in [0.15, 0.2) is 0 Å². The maximum atomic E-state index is 5.88. The summed E-state index contributed by atoms with van der Waals surface area (Å²) in [5.74, 6) is 0. The van der Waals surface area contributed by atoms with Crippen molar-refractivity contribution in [3.8, 4) is 0 Å². The van der Waals surface area contributed by atoms with E-state index >= 15 is 0 Å². The van der Waals surface area contributed by atoms with Crippen LogP contribution < -0.4 is 5.73 Å². The molecule has 0 radical (unpaired) electrons. The van der Waals surface area contributed by atoms with E-state index in [1.54, 1.807) is 12.1 Å². The van der Waals surface area contributed by atoms with Gasteiger partial charge in [-0.05, 0) is 17.7 Å². The molecule has 0 aromatic heterocycles. The molecule has 1 atom stereocenters. The first-order chi connectivity index (χ1) is 6.66. The van der Waals surface area contributed by atoms with Crippen molar-refractivity contribution < 1.29 is 4.74 Å². The number of nitrogens with zero attached hydrogens (tertiary/aromatic N) is 1. The first kappa shape index (κ1) is 9.62. The molecule has 1 aliphatic rings. The quantitative estimate of drug-likeness (QED) is 0.806. The molecule has 2 rings (SSSR count). The van der Waals surface area contributed by atoms with Gasteiger partial charge in [0.1, 0.15) is 12.6 Å². The standard InChI is InChI=1S/C9H8Cl2N2O/c10-6-2-1-5(3-7(6)11)8-4-14-9(12)13-8/h1-3,8H,4H2,(H2,12,13)/t8-/m1/s1. The molecule has 0 saturated heterocycles. The maximum absolute atomic E-state index is 5.88. The van der Waals surface area contributed by atoms with Crippen molar-refractivity contribution in [2.75, 3.05) is 6.61 Å². The monoisotopic (exact) mass is 230 g/mol. The molecule has 1 aromatic carbocycles. The summed E-state index contributed by atoms with van der Waals surface area (Å²) in [6.07, 6.45) is 0. The molecule has 0 unspecified atom stereocenters. The average Bonchev–Trinajstić information content (AvgIpc) is 2.57. The molecule has 1 aromatic rings. The average molecular weight is 231 g/mol. The van der Waals surface area contributed by atoms with E-state index in [0.29, 0.717) is 16.7 Å². The molecule has 2 N–H and O–H groups in total. The molecule has 0 fully saturated rings. The SMILES string of the molecule is NC1=N[C@@H](c2ccc(Cl)c(Cl)c2)CO1. The van der Waals surface area contributed by atoms with Crippen LogP contribution in [0.15, 0.2) is 23.2 Å². The highest BCUT2D eigenvalue weighted by Gasteiger charge is 2.19. The molecule has 74 valence electrons. The van der Waals surface area contributed by atoms with Crippen LogP contribution in [0.25, 0.3) is 0 Å². The van der Waals surface area contributed by atoms with Crippen LogP contribution in [0.5, 0.6) is 0 Å². The molecule has 14 heavy (non-hydrogen) atoms. The smallest absolute Gasteiger partial charge is 0.282 e. The van der Waals surface area contributed by atoms with Gasteiger partial charge in [0, 0.05) is 0 Å². The molecule has 0 bridgehead atoms. The molecular weight excluding hydrogens is 223 g/mol. The molecule has 0 aliphatic carbocycles. The van der Waals surface area contributed by atoms with Crippen LogP contribution in [0.3, 0.4) is 0 Å². The molecule has 3 nitrogen and oxygen atoms in total. The number of benzene rings is 1. The van der Waals surface area contributed by atoms with Gasteiger partial charge < -0.3 is 10.5 Å². The minimum atomic E-state index is -0.0650. The van der Waals surface area contributed by atoms with Crippen molar-refractivity contribution in [1.82, 2.24) is 0 Å². The normalized spacial score (nSPS) is 20.4. The van der Waals surface area contributed by atoms with Gasteiger partial charge >= 0.3 is 0 Å². The highest BCUT2D eigenvalue weighted by atomic mass is 35.5. The van der Waals surface area contributed by atoms with E-state index in [9.17, 15) is 0 Å². The fourth-order valence-electron chi connectivity index (χ4n) is 1.28. The highest BCUT2D eigenvalue weighted by molar-refractivity contribution is 6.42. The van der Waals surface area contributed by atoms with E-state index in [1.165, 1.54) is 0 Å². The minimum Gasteiger partial charge on any atom is -0.463 e. The van der Waals surface area contributed by atoms with Gasteiger partial charge in [-0.1, -0.05) is 29.3 Å². The molecule has 0 amide bonds. The predicted molar refractivity (Wildman–Crippen MR) is 56.8 cm³/mol. The van der Waals surface area contributed by atoms with Crippen LogP contribution in [0.4, 0.5) is 0 Å². The summed E-state index contributed by atoms with van der Waals surface area (Å²) in [5.41, 5.74) is 6.36. The van der Waals surface area contributed by atoms with Crippen LogP contribution in [-0.4, -0.2) is 12.6 Å². The van der Waals surface area contributed by atoms with Gasteiger partial charge in [0.2, 0.25) is 0 Å². The molecular formula is C9H8Cl2N2O. The Hall–Kier alpha value is -0.930. The van der Waals surface area contributed by atoms with Crippen molar-refractivity contribution in [3.63, 3.8) is 0 Å². The Balaban J connectivity index is 2.29. The van der Waals surface area contributed by atoms with Gasteiger partial charge in [-0.15, -0.1) is 0 Å². The molecule has 5 heteroatoms. The topological polar surface area (TPSA) is 47.6 Å². The highest BCUT2D eigenvalue weighted by Crippen LogP contribution is 2.28. The Bertz CT molecular complexity index is 392. The zero-order valence-electron chi connectivity index (χ0n) is 7.21. The lowest BCUT2D eigenvalue weighted by Crippen LogP contribution is -2.10. The Morgan fingerprint density at radius 1 is 1.36 bits per heavy atom. The van der Waals surface area contributed by atoms with Gasteiger partial charge in [0.05, 0.1) is 10.0 Å². The summed E-state index contributed by atoms with van der Waals surface area (Å²) < 4.78 is 5.04. The third kappa shape index (κ3) is 1.79. The number of hydrogen-bond acceptors (Lipinski definition) is 3. The van der Waals surface area contributed by atoms with Crippen molar-refractivity contribution in [3.05, 3.63) is 33.8 Å². The molecule has 1 aliphatic heterocycles. The van der Waals surface area contributed by atoms with Crippen LogP contribution in [0, 0.1) is 0 Å². The summed E-state index contributed by atoms with van der Waals surface area (Å²) in [4.78, 5) is 4.10. The van der Waals surface area contributed by atoms with E-state index in [4.69, 9.17) is 33.7 Å². The molecule has 1 heterocycles. The first-order valence-electron chi connectivity index (χ1n) is 4.08. The van der Waals surface area contributed by atoms with Gasteiger partial charge in [-0.2, -0.15) is 0 Å². The maximum Gasteiger partial charge on any atom is 0.282 e. The van der Waals surface area contributed by atoms with E-state index in [1.807, 2.05) is 6.07 Å². The zero-order chi connectivity index (χ0) is 10.1. The van der Waals surface area contributed by atoms with Crippen LogP contribution in [0.1, 0.15) is 11.6 Å². The Labute approximate surface area is 91.5 Å². The number of ether oxygens (including phenoxy) is 1. The Morgan fingerprint density at radius 2 is 2.14 bits per heavy atom. The van der Waals surface area contributed by atoms with Crippen molar-refractivity contribution in [2.24, 2.45) is 10.7 Å². The lowest BCUT2D eigenvalue weighted by atomic mass is 10.1. The van der Waals surface area contributed by atoms with Gasteiger partial charge in [-0.25, -0.2) is 4.99 Å². The number of nitrogens with two attached hydrogens (primary N) is 1. The zero-order valence-corrected chi connectivity index (χ0v) is 8.72. The van der Waals surface area contributed by atoms with Crippen molar-refractivity contribution >= 4 is 29.2 Å². The second kappa shape index (κ2) is 3.67. The summed E-state index contributed by atoms with van der Waals surface area (Å²) in [5, 5.41) is 1.05. The lowest BCUT2D eigenvalue weighted by Gasteiger charge is -2.05. The van der Waals surface area contributed by atoms with E-state index in [2.05, 4.69) is 4.99 Å². The van der Waals surface area contributed by atoms with E-state index in [0.717, 1.165) is 5.56 Å². The van der Waals surface area contributed by atoms with Crippen LogP contribution in [0.2, 0.25) is 10.0 Å². The van der Waals surface area contributed by atoms with Crippen molar-refractivity contribution in [2.45, 2.75) is 6.04 Å². The van der Waals surface area contributed by atoms with Crippen LogP contribution in [-0.2, 0) is 4.74 Å². The summed E-state index contributed by atoms with van der Waals surface area (Å²) in [7, 11) is 0. The fourth-order valence-corrected chi connectivity index (χ4v) is 1.59. The molecule has 0 spiro atoms. The number of aliphatic imine (C=N–C) groups is 1. The second-order valence-electron chi connectivity index (χ2n) is 2.97. The third-order valence-corrected chi connectivity index (χ3v) is 2.74. The fraction of sp³-hybridized carbons (Fsp3) is 0.222.